The van der Waals surface area contributed by atoms with Gasteiger partial charge in [-0.1, -0.05) is 18.2 Å². The summed E-state index contributed by atoms with van der Waals surface area (Å²) in [6.45, 7) is 1.82. The Kier molecular flexibility index (Phi) is 4.70. The van der Waals surface area contributed by atoms with Crippen molar-refractivity contribution in [3.63, 3.8) is 0 Å². The van der Waals surface area contributed by atoms with Gasteiger partial charge in [0.15, 0.2) is 0 Å². The van der Waals surface area contributed by atoms with Crippen LogP contribution in [0, 0.1) is 11.5 Å². The first-order valence-electron chi connectivity index (χ1n) is 2.70. The van der Waals surface area contributed by atoms with Crippen molar-refractivity contribution in [2.24, 2.45) is 0 Å². The molecule has 0 atom stereocenters. The van der Waals surface area contributed by atoms with Crippen LogP contribution in [0.1, 0.15) is 6.92 Å². The fourth-order valence-electron chi connectivity index (χ4n) is 0.324. The largest absolute Gasteiger partial charge is 0.347 e. The van der Waals surface area contributed by atoms with Crippen molar-refractivity contribution in [3.8, 4) is 6.26 Å². The van der Waals surface area contributed by atoms with Gasteiger partial charge in [0, 0.05) is 6.08 Å². The third kappa shape index (κ3) is 4.60. The molecule has 0 amide bonds. The first kappa shape index (κ1) is 8.44. The van der Waals surface area contributed by atoms with E-state index in [4.69, 9.17) is 5.26 Å². The van der Waals surface area contributed by atoms with Gasteiger partial charge in [-0.05, 0) is 6.92 Å². The van der Waals surface area contributed by atoms with Crippen molar-refractivity contribution in [3.05, 3.63) is 24.3 Å². The summed E-state index contributed by atoms with van der Waals surface area (Å²) in [5, 5.41) is 7.85. The topological polar surface area (TPSA) is 50.1 Å². The van der Waals surface area contributed by atoms with E-state index in [0.29, 0.717) is 0 Å². The maximum atomic E-state index is 10.4. The molecule has 10 heavy (non-hydrogen) atoms. The quantitative estimate of drug-likeness (QED) is 0.248. The predicted molar refractivity (Wildman–Crippen MR) is 35.7 cm³/mol. The number of esters is 1. The number of carbonyl (C=O) groups excluding carboxylic acids is 1. The van der Waals surface area contributed by atoms with Crippen LogP contribution in [0.5, 0.6) is 0 Å². The molecule has 0 radical (unpaired) electrons. The minimum Gasteiger partial charge on any atom is -0.347 e. The first-order valence-corrected chi connectivity index (χ1v) is 2.70. The van der Waals surface area contributed by atoms with Crippen LogP contribution in [-0.2, 0) is 9.53 Å². The number of nitrogens with zero attached hydrogens (tertiary/aromatic N) is 1. The summed E-state index contributed by atoms with van der Waals surface area (Å²) in [6, 6.07) is 0. The van der Waals surface area contributed by atoms with Crippen LogP contribution < -0.4 is 0 Å². The van der Waals surface area contributed by atoms with Crippen LogP contribution in [0.15, 0.2) is 24.3 Å². The zero-order chi connectivity index (χ0) is 7.82. The first-order chi connectivity index (χ1) is 4.81. The summed E-state index contributed by atoms with van der Waals surface area (Å²) in [6.07, 6.45) is 7.36. The van der Waals surface area contributed by atoms with Gasteiger partial charge in [-0.25, -0.2) is 4.79 Å². The van der Waals surface area contributed by atoms with Gasteiger partial charge in [-0.2, -0.15) is 0 Å². The van der Waals surface area contributed by atoms with Gasteiger partial charge in [0.05, 0.1) is 0 Å². The molecule has 0 N–H and O–H groups in total. The Morgan fingerprint density at radius 2 is 2.30 bits per heavy atom. The number of hydrogen-bond donors (Lipinski definition) is 0. The Bertz CT molecular complexity index is 198. The molecule has 52 valence electrons. The van der Waals surface area contributed by atoms with Crippen LogP contribution in [0.2, 0.25) is 0 Å². The van der Waals surface area contributed by atoms with Gasteiger partial charge in [0.25, 0.3) is 6.26 Å². The molecule has 0 aliphatic heterocycles. The van der Waals surface area contributed by atoms with Crippen LogP contribution >= 0.6 is 0 Å². The third-order valence-corrected chi connectivity index (χ3v) is 0.682. The average Bonchev–Trinajstić information content (AvgIpc) is 1.89. The molecule has 3 nitrogen and oxygen atoms in total. The number of allylic oxidation sites excluding steroid dienone is 3. The fraction of sp³-hybridized carbons (Fsp3) is 0.143. The Morgan fingerprint density at radius 1 is 1.60 bits per heavy atom. The number of ether oxygens (including phenoxy) is 1. The van der Waals surface area contributed by atoms with E-state index in [1.54, 1.807) is 12.2 Å². The molecule has 0 heterocycles. The fourth-order valence-corrected chi connectivity index (χ4v) is 0.324. The SMILES string of the molecule is CC=CC=CC(=O)OC#N. The van der Waals surface area contributed by atoms with E-state index in [-0.39, 0.29) is 0 Å². The average molecular weight is 137 g/mol. The van der Waals surface area contributed by atoms with Crippen molar-refractivity contribution >= 4 is 5.97 Å². The zero-order valence-corrected chi connectivity index (χ0v) is 5.57. The molecule has 0 rings (SSSR count). The Labute approximate surface area is 59.2 Å². The molecular weight excluding hydrogens is 130 g/mol. The summed E-state index contributed by atoms with van der Waals surface area (Å²) < 4.78 is 3.93. The van der Waals surface area contributed by atoms with Gasteiger partial charge in [-0.3, -0.25) is 0 Å². The Morgan fingerprint density at radius 3 is 2.80 bits per heavy atom. The lowest BCUT2D eigenvalue weighted by atomic mass is 10.4. The highest BCUT2D eigenvalue weighted by atomic mass is 16.5. The van der Waals surface area contributed by atoms with Crippen molar-refractivity contribution in [2.75, 3.05) is 0 Å². The molecule has 0 aliphatic carbocycles. The van der Waals surface area contributed by atoms with E-state index in [1.165, 1.54) is 18.4 Å². The predicted octanol–water partition coefficient (Wildman–Crippen LogP) is 1.14. The van der Waals surface area contributed by atoms with Crippen molar-refractivity contribution in [1.82, 2.24) is 0 Å². The van der Waals surface area contributed by atoms with E-state index in [9.17, 15) is 4.79 Å². The molecule has 0 aliphatic rings. The molecule has 0 bridgehead atoms. The van der Waals surface area contributed by atoms with E-state index >= 15 is 0 Å². The molecule has 0 fully saturated rings. The van der Waals surface area contributed by atoms with Crippen molar-refractivity contribution in [1.29, 1.82) is 5.26 Å². The highest BCUT2D eigenvalue weighted by Crippen LogP contribution is 1.80. The Hall–Kier alpha value is -1.56. The minimum absolute atomic E-state index is 0.652. The van der Waals surface area contributed by atoms with E-state index in [2.05, 4.69) is 4.74 Å². The summed E-state index contributed by atoms with van der Waals surface area (Å²) in [7, 11) is 0. The number of rotatable bonds is 2. The van der Waals surface area contributed by atoms with Crippen LogP contribution in [-0.4, -0.2) is 5.97 Å². The minimum atomic E-state index is -0.652. The molecule has 3 heteroatoms. The molecule has 0 aromatic carbocycles. The summed E-state index contributed by atoms with van der Waals surface area (Å²) >= 11 is 0. The lowest BCUT2D eigenvalue weighted by Crippen LogP contribution is -1.92. The van der Waals surface area contributed by atoms with E-state index < -0.39 is 5.97 Å². The van der Waals surface area contributed by atoms with Gasteiger partial charge < -0.3 is 4.74 Å². The molecule has 0 unspecified atom stereocenters. The maximum Gasteiger partial charge on any atom is 0.346 e. The van der Waals surface area contributed by atoms with Crippen LogP contribution in [0.25, 0.3) is 0 Å². The normalized spacial score (nSPS) is 10.0. The smallest absolute Gasteiger partial charge is 0.346 e. The standard InChI is InChI=1S/C7H7NO2/c1-2-3-4-5-7(9)10-6-8/h2-5H,1H3. The lowest BCUT2D eigenvalue weighted by molar-refractivity contribution is -0.131. The van der Waals surface area contributed by atoms with E-state index in [0.717, 1.165) is 0 Å². The second-order valence-electron chi connectivity index (χ2n) is 1.40. The number of nitriles is 1. The number of carbonyl (C=O) groups is 1. The highest BCUT2D eigenvalue weighted by molar-refractivity contribution is 5.82. The highest BCUT2D eigenvalue weighted by Gasteiger charge is 1.90. The molecule has 0 saturated heterocycles. The molecule has 0 aromatic rings. The number of hydrogen-bond acceptors (Lipinski definition) is 3. The Balaban J connectivity index is 3.69. The summed E-state index contributed by atoms with van der Waals surface area (Å²) in [5.41, 5.74) is 0. The monoisotopic (exact) mass is 137 g/mol. The molecule has 0 aromatic heterocycles. The second kappa shape index (κ2) is 5.57. The van der Waals surface area contributed by atoms with Crippen molar-refractivity contribution in [2.45, 2.75) is 6.92 Å². The summed E-state index contributed by atoms with van der Waals surface area (Å²) in [5.74, 6) is -0.652. The summed E-state index contributed by atoms with van der Waals surface area (Å²) in [4.78, 5) is 10.4. The molecule has 0 spiro atoms. The van der Waals surface area contributed by atoms with Crippen LogP contribution in [0.3, 0.4) is 0 Å². The van der Waals surface area contributed by atoms with Gasteiger partial charge in [-0.15, -0.1) is 5.26 Å². The lowest BCUT2D eigenvalue weighted by Gasteiger charge is -1.80. The molecular formula is C7H7NO2. The maximum absolute atomic E-state index is 10.4. The van der Waals surface area contributed by atoms with Crippen molar-refractivity contribution < 1.29 is 9.53 Å². The van der Waals surface area contributed by atoms with Gasteiger partial charge in [0.2, 0.25) is 0 Å². The van der Waals surface area contributed by atoms with Gasteiger partial charge in [0.1, 0.15) is 0 Å². The van der Waals surface area contributed by atoms with Crippen LogP contribution in [0.4, 0.5) is 0 Å². The second-order valence-corrected chi connectivity index (χ2v) is 1.40. The van der Waals surface area contributed by atoms with E-state index in [1.807, 2.05) is 6.92 Å². The third-order valence-electron chi connectivity index (χ3n) is 0.682. The van der Waals surface area contributed by atoms with Gasteiger partial charge >= 0.3 is 5.97 Å². The zero-order valence-electron chi connectivity index (χ0n) is 5.57. The molecule has 0 saturated carbocycles.